The molecule has 0 aromatic carbocycles. The average molecular weight is 172 g/mol. The van der Waals surface area contributed by atoms with Crippen LogP contribution in [0, 0.1) is 5.92 Å². The van der Waals surface area contributed by atoms with Crippen LogP contribution in [0.4, 0.5) is 13.2 Å². The maximum absolute atomic E-state index is 11.7. The van der Waals surface area contributed by atoms with E-state index in [9.17, 15) is 13.2 Å². The van der Waals surface area contributed by atoms with Crippen LogP contribution in [0.1, 0.15) is 13.3 Å². The smallest absolute Gasteiger partial charge is 0.396 e. The molecule has 0 spiro atoms. The first-order valence-corrected chi connectivity index (χ1v) is 3.29. The Balaban J connectivity index is 4.09. The summed E-state index contributed by atoms with van der Waals surface area (Å²) < 4.78 is 35.1. The van der Waals surface area contributed by atoms with Crippen LogP contribution in [0.15, 0.2) is 0 Å². The molecule has 2 N–H and O–H groups in total. The van der Waals surface area contributed by atoms with E-state index in [0.29, 0.717) is 0 Å². The largest absolute Gasteiger partial charge is 0.414 e. The van der Waals surface area contributed by atoms with Crippen molar-refractivity contribution in [1.29, 1.82) is 0 Å². The quantitative estimate of drug-likeness (QED) is 0.664. The monoisotopic (exact) mass is 172 g/mol. The van der Waals surface area contributed by atoms with Gasteiger partial charge in [0.2, 0.25) is 0 Å². The van der Waals surface area contributed by atoms with E-state index in [4.69, 9.17) is 10.2 Å². The van der Waals surface area contributed by atoms with Crippen LogP contribution >= 0.6 is 0 Å². The van der Waals surface area contributed by atoms with Crippen molar-refractivity contribution in [3.8, 4) is 0 Å². The van der Waals surface area contributed by atoms with E-state index in [0.717, 1.165) is 0 Å². The van der Waals surface area contributed by atoms with Gasteiger partial charge in [0.25, 0.3) is 0 Å². The minimum Gasteiger partial charge on any atom is -0.396 e. The highest BCUT2D eigenvalue weighted by atomic mass is 19.4. The van der Waals surface area contributed by atoms with Gasteiger partial charge >= 0.3 is 6.18 Å². The minimum absolute atomic E-state index is 0.108. The lowest BCUT2D eigenvalue weighted by molar-refractivity contribution is -0.222. The molecule has 0 aliphatic rings. The molecular formula is C6H11F3O2. The van der Waals surface area contributed by atoms with Gasteiger partial charge < -0.3 is 10.2 Å². The fourth-order valence-corrected chi connectivity index (χ4v) is 0.719. The van der Waals surface area contributed by atoms with Crippen molar-refractivity contribution in [2.45, 2.75) is 25.6 Å². The predicted octanol–water partition coefficient (Wildman–Crippen LogP) is 0.928. The summed E-state index contributed by atoms with van der Waals surface area (Å²) in [6, 6.07) is 0. The zero-order chi connectivity index (χ0) is 9.07. The summed E-state index contributed by atoms with van der Waals surface area (Å²) in [5, 5.41) is 17.0. The molecule has 0 bridgehead atoms. The third-order valence-electron chi connectivity index (χ3n) is 1.54. The maximum Gasteiger partial charge on any atom is 0.414 e. The fraction of sp³-hybridized carbons (Fsp3) is 1.00. The third kappa shape index (κ3) is 3.07. The molecule has 68 valence electrons. The molecule has 0 fully saturated rings. The molecule has 0 radical (unpaired) electrons. The summed E-state index contributed by atoms with van der Waals surface area (Å²) in [7, 11) is 0. The van der Waals surface area contributed by atoms with Crippen molar-refractivity contribution in [3.63, 3.8) is 0 Å². The van der Waals surface area contributed by atoms with E-state index < -0.39 is 24.8 Å². The van der Waals surface area contributed by atoms with Crippen LogP contribution in [0.25, 0.3) is 0 Å². The Bertz CT molecular complexity index is 109. The van der Waals surface area contributed by atoms with Gasteiger partial charge in [0.1, 0.15) is 0 Å². The number of alkyl halides is 3. The fourth-order valence-electron chi connectivity index (χ4n) is 0.719. The summed E-state index contributed by atoms with van der Waals surface area (Å²) in [4.78, 5) is 0. The van der Waals surface area contributed by atoms with Gasteiger partial charge in [-0.3, -0.25) is 0 Å². The molecule has 11 heavy (non-hydrogen) atoms. The maximum atomic E-state index is 11.7. The van der Waals surface area contributed by atoms with E-state index in [-0.39, 0.29) is 6.42 Å². The van der Waals surface area contributed by atoms with Crippen molar-refractivity contribution in [1.82, 2.24) is 0 Å². The van der Waals surface area contributed by atoms with Crippen LogP contribution in [0.2, 0.25) is 0 Å². The summed E-state index contributed by atoms with van der Waals surface area (Å²) >= 11 is 0. The standard InChI is InChI=1S/C6H11F3O2/c1-2-4(3-10)5(11)6(7,8)9/h4-5,10-11H,2-3H2,1H3/t4-,5+/m1/s1. The molecule has 0 rings (SSSR count). The van der Waals surface area contributed by atoms with Gasteiger partial charge in [0.05, 0.1) is 0 Å². The molecule has 5 heteroatoms. The number of rotatable bonds is 3. The molecule has 0 saturated heterocycles. The lowest BCUT2D eigenvalue weighted by Crippen LogP contribution is -2.37. The predicted molar refractivity (Wildman–Crippen MR) is 32.9 cm³/mol. The number of aliphatic hydroxyl groups is 2. The molecule has 2 nitrogen and oxygen atoms in total. The average Bonchev–Trinajstić information content (AvgIpc) is 1.88. The van der Waals surface area contributed by atoms with E-state index in [2.05, 4.69) is 0 Å². The summed E-state index contributed by atoms with van der Waals surface area (Å²) in [6.07, 6.45) is -6.92. The summed E-state index contributed by atoms with van der Waals surface area (Å²) in [5.41, 5.74) is 0. The van der Waals surface area contributed by atoms with Crippen molar-refractivity contribution < 1.29 is 23.4 Å². The van der Waals surface area contributed by atoms with Gasteiger partial charge in [-0.2, -0.15) is 13.2 Å². The molecule has 0 saturated carbocycles. The van der Waals surface area contributed by atoms with E-state index in [1.807, 2.05) is 0 Å². The molecule has 0 amide bonds. The summed E-state index contributed by atoms with van der Waals surface area (Å²) in [6.45, 7) is 0.840. The van der Waals surface area contributed by atoms with Crippen LogP contribution in [-0.4, -0.2) is 29.1 Å². The highest BCUT2D eigenvalue weighted by Crippen LogP contribution is 2.26. The van der Waals surface area contributed by atoms with Crippen molar-refractivity contribution >= 4 is 0 Å². The number of halogens is 3. The molecule has 0 unspecified atom stereocenters. The van der Waals surface area contributed by atoms with Crippen molar-refractivity contribution in [2.75, 3.05) is 6.61 Å². The molecular weight excluding hydrogens is 161 g/mol. The Morgan fingerprint density at radius 2 is 1.82 bits per heavy atom. The Morgan fingerprint density at radius 1 is 1.36 bits per heavy atom. The third-order valence-corrected chi connectivity index (χ3v) is 1.54. The Morgan fingerprint density at radius 3 is 1.91 bits per heavy atom. The van der Waals surface area contributed by atoms with Gasteiger partial charge in [-0.25, -0.2) is 0 Å². The molecule has 0 heterocycles. The van der Waals surface area contributed by atoms with Gasteiger partial charge in [0, 0.05) is 12.5 Å². The normalized spacial score (nSPS) is 18.0. The first-order chi connectivity index (χ1) is 4.93. The van der Waals surface area contributed by atoms with Gasteiger partial charge in [-0.15, -0.1) is 0 Å². The molecule has 0 aliphatic heterocycles. The highest BCUT2D eigenvalue weighted by Gasteiger charge is 2.42. The zero-order valence-electron chi connectivity index (χ0n) is 6.10. The first-order valence-electron chi connectivity index (χ1n) is 3.29. The zero-order valence-corrected chi connectivity index (χ0v) is 6.10. The van der Waals surface area contributed by atoms with Gasteiger partial charge in [0.15, 0.2) is 6.10 Å². The minimum atomic E-state index is -4.62. The van der Waals surface area contributed by atoms with Crippen molar-refractivity contribution in [2.24, 2.45) is 5.92 Å². The Hall–Kier alpha value is -0.290. The highest BCUT2D eigenvalue weighted by molar-refractivity contribution is 4.73. The number of hydrogen-bond acceptors (Lipinski definition) is 2. The molecule has 2 atom stereocenters. The molecule has 0 aliphatic carbocycles. The SMILES string of the molecule is CC[C@H](CO)[C@H](O)C(F)(F)F. The lowest BCUT2D eigenvalue weighted by Gasteiger charge is -2.21. The van der Waals surface area contributed by atoms with Crippen LogP contribution in [0.3, 0.4) is 0 Å². The van der Waals surface area contributed by atoms with E-state index >= 15 is 0 Å². The lowest BCUT2D eigenvalue weighted by atomic mass is 10.0. The van der Waals surface area contributed by atoms with Crippen LogP contribution < -0.4 is 0 Å². The second-order valence-electron chi connectivity index (χ2n) is 2.34. The first kappa shape index (κ1) is 10.7. The van der Waals surface area contributed by atoms with Crippen LogP contribution in [-0.2, 0) is 0 Å². The second kappa shape index (κ2) is 3.92. The van der Waals surface area contributed by atoms with E-state index in [1.165, 1.54) is 6.92 Å². The Labute approximate surface area is 62.6 Å². The number of hydrogen-bond donors (Lipinski definition) is 2. The van der Waals surface area contributed by atoms with Gasteiger partial charge in [-0.05, 0) is 6.42 Å². The van der Waals surface area contributed by atoms with Crippen molar-refractivity contribution in [3.05, 3.63) is 0 Å². The van der Waals surface area contributed by atoms with E-state index in [1.54, 1.807) is 0 Å². The number of aliphatic hydroxyl groups excluding tert-OH is 2. The summed E-state index contributed by atoms with van der Waals surface area (Å²) in [5.74, 6) is -1.10. The van der Waals surface area contributed by atoms with Gasteiger partial charge in [-0.1, -0.05) is 6.92 Å². The molecule has 0 aromatic heterocycles. The Kier molecular flexibility index (Phi) is 3.82. The van der Waals surface area contributed by atoms with Crippen LogP contribution in [0.5, 0.6) is 0 Å². The molecule has 0 aromatic rings. The second-order valence-corrected chi connectivity index (χ2v) is 2.34. The topological polar surface area (TPSA) is 40.5 Å².